The highest BCUT2D eigenvalue weighted by Crippen LogP contribution is 2.59. The van der Waals surface area contributed by atoms with Crippen LogP contribution < -0.4 is 0 Å². The molecule has 2 aliphatic carbocycles. The van der Waals surface area contributed by atoms with Crippen molar-refractivity contribution in [1.29, 1.82) is 0 Å². The van der Waals surface area contributed by atoms with Crippen molar-refractivity contribution in [3.63, 3.8) is 0 Å². The molecule has 15 heavy (non-hydrogen) atoms. The van der Waals surface area contributed by atoms with E-state index in [-0.39, 0.29) is 0 Å². The Morgan fingerprint density at radius 3 is 2.33 bits per heavy atom. The smallest absolute Gasteiger partial charge is 0.0164 e. The number of hydrogen-bond donors (Lipinski definition) is 0. The van der Waals surface area contributed by atoms with Crippen LogP contribution in [0.2, 0.25) is 0 Å². The van der Waals surface area contributed by atoms with E-state index in [2.05, 4.69) is 47.6 Å². The Labute approximate surface area is 95.1 Å². The van der Waals surface area contributed by atoms with Gasteiger partial charge in [-0.3, -0.25) is 0 Å². The summed E-state index contributed by atoms with van der Waals surface area (Å²) in [5, 5.41) is 0. The first-order valence-corrected chi connectivity index (χ1v) is 6.50. The van der Waals surface area contributed by atoms with Crippen LogP contribution in [0.3, 0.4) is 0 Å². The van der Waals surface area contributed by atoms with Gasteiger partial charge in [0, 0.05) is 0 Å². The molecule has 4 unspecified atom stereocenters. The lowest BCUT2D eigenvalue weighted by Crippen LogP contribution is -2.35. The van der Waals surface area contributed by atoms with Crippen molar-refractivity contribution in [2.75, 3.05) is 0 Å². The summed E-state index contributed by atoms with van der Waals surface area (Å²) in [4.78, 5) is 0. The number of fused-ring (bicyclic) bond motifs is 2. The second-order valence-electron chi connectivity index (χ2n) is 7.13. The molecule has 1 saturated carbocycles. The average molecular weight is 206 g/mol. The van der Waals surface area contributed by atoms with Crippen molar-refractivity contribution in [3.8, 4) is 0 Å². The maximum Gasteiger partial charge on any atom is -0.0164 e. The van der Waals surface area contributed by atoms with Gasteiger partial charge in [0.2, 0.25) is 0 Å². The molecular formula is C15H26. The Bertz CT molecular complexity index is 277. The average Bonchev–Trinajstić information content (AvgIpc) is 2.56. The number of rotatable bonds is 1. The molecule has 2 rings (SSSR count). The fourth-order valence-corrected chi connectivity index (χ4v) is 4.33. The third kappa shape index (κ3) is 1.66. The molecule has 0 spiro atoms. The second-order valence-corrected chi connectivity index (χ2v) is 7.13. The quantitative estimate of drug-likeness (QED) is 0.553. The number of allylic oxidation sites excluding steroid dienone is 2. The first kappa shape index (κ1) is 11.2. The molecule has 0 heterocycles. The largest absolute Gasteiger partial charge is 0.0819 e. The minimum absolute atomic E-state index is 0.476. The maximum absolute atomic E-state index is 2.57. The molecule has 0 N–H and O–H groups in total. The van der Waals surface area contributed by atoms with Gasteiger partial charge in [0.05, 0.1) is 0 Å². The van der Waals surface area contributed by atoms with E-state index in [1.807, 2.05) is 0 Å². The summed E-state index contributed by atoms with van der Waals surface area (Å²) in [6, 6.07) is 0. The van der Waals surface area contributed by atoms with Crippen LogP contribution in [0.1, 0.15) is 48.0 Å². The van der Waals surface area contributed by atoms with Crippen molar-refractivity contribution in [2.45, 2.75) is 48.0 Å². The summed E-state index contributed by atoms with van der Waals surface area (Å²) in [5.74, 6) is 4.46. The molecule has 2 aliphatic rings. The van der Waals surface area contributed by atoms with E-state index in [9.17, 15) is 0 Å². The van der Waals surface area contributed by atoms with Crippen LogP contribution >= 0.6 is 0 Å². The van der Waals surface area contributed by atoms with Crippen molar-refractivity contribution < 1.29 is 0 Å². The van der Waals surface area contributed by atoms with Gasteiger partial charge in [-0.05, 0) is 48.3 Å². The highest BCUT2D eigenvalue weighted by Gasteiger charge is 2.51. The molecule has 0 aromatic carbocycles. The summed E-state index contributed by atoms with van der Waals surface area (Å²) < 4.78 is 0. The fraction of sp³-hybridized carbons (Fsp3) is 0.867. The Kier molecular flexibility index (Phi) is 2.52. The summed E-state index contributed by atoms with van der Waals surface area (Å²) >= 11 is 0. The Balaban J connectivity index is 2.32. The molecule has 86 valence electrons. The molecular weight excluding hydrogens is 180 g/mol. The molecule has 0 nitrogen and oxygen atoms in total. The first-order valence-electron chi connectivity index (χ1n) is 6.50. The van der Waals surface area contributed by atoms with E-state index in [1.165, 1.54) is 6.42 Å². The molecule has 0 aromatic rings. The van der Waals surface area contributed by atoms with Crippen molar-refractivity contribution in [1.82, 2.24) is 0 Å². The zero-order valence-corrected chi connectivity index (χ0v) is 11.2. The predicted molar refractivity (Wildman–Crippen MR) is 66.6 cm³/mol. The topological polar surface area (TPSA) is 0 Å². The molecule has 0 radical (unpaired) electrons. The highest BCUT2D eigenvalue weighted by molar-refractivity contribution is 5.23. The predicted octanol–water partition coefficient (Wildman–Crippen LogP) is 4.52. The third-order valence-electron chi connectivity index (χ3n) is 4.70. The summed E-state index contributed by atoms with van der Waals surface area (Å²) in [6.45, 7) is 14.5. The molecule has 0 saturated heterocycles. The fourth-order valence-electron chi connectivity index (χ4n) is 4.33. The molecule has 0 aromatic heterocycles. The van der Waals surface area contributed by atoms with E-state index in [1.54, 1.807) is 5.57 Å². The van der Waals surface area contributed by atoms with Gasteiger partial charge in [-0.25, -0.2) is 0 Å². The summed E-state index contributed by atoms with van der Waals surface area (Å²) in [6.07, 6.45) is 4.01. The molecule has 0 aliphatic heterocycles. The normalized spacial score (nSPS) is 40.1. The first-order chi connectivity index (χ1) is 6.82. The monoisotopic (exact) mass is 206 g/mol. The van der Waals surface area contributed by atoms with Crippen LogP contribution in [0.25, 0.3) is 0 Å². The summed E-state index contributed by atoms with van der Waals surface area (Å²) in [7, 11) is 0. The SMILES string of the molecule is CC1=CC2CC1C(C(C)(C)C)C2C(C)C. The van der Waals surface area contributed by atoms with Crippen LogP contribution in [-0.4, -0.2) is 0 Å². The van der Waals surface area contributed by atoms with E-state index in [0.29, 0.717) is 5.41 Å². The lowest BCUT2D eigenvalue weighted by molar-refractivity contribution is 0.106. The molecule has 4 atom stereocenters. The van der Waals surface area contributed by atoms with Gasteiger partial charge in [0.1, 0.15) is 0 Å². The van der Waals surface area contributed by atoms with E-state index in [0.717, 1.165) is 29.6 Å². The van der Waals surface area contributed by atoms with Crippen LogP contribution in [0.4, 0.5) is 0 Å². The van der Waals surface area contributed by atoms with E-state index >= 15 is 0 Å². The van der Waals surface area contributed by atoms with Gasteiger partial charge < -0.3 is 0 Å². The standard InChI is InChI=1S/C15H26/c1-9(2)13-11-7-10(3)12(8-11)14(13)15(4,5)6/h7,9,11-14H,8H2,1-6H3. The van der Waals surface area contributed by atoms with Crippen molar-refractivity contribution in [3.05, 3.63) is 11.6 Å². The highest BCUT2D eigenvalue weighted by atomic mass is 14.6. The molecule has 1 fully saturated rings. The lowest BCUT2D eigenvalue weighted by atomic mass is 9.63. The lowest BCUT2D eigenvalue weighted by Gasteiger charge is -2.41. The van der Waals surface area contributed by atoms with Crippen LogP contribution in [0.5, 0.6) is 0 Å². The minimum Gasteiger partial charge on any atom is -0.0819 e. The van der Waals surface area contributed by atoms with Gasteiger partial charge >= 0.3 is 0 Å². The Morgan fingerprint density at radius 2 is 1.87 bits per heavy atom. The zero-order valence-electron chi connectivity index (χ0n) is 11.2. The van der Waals surface area contributed by atoms with Gasteiger partial charge in [-0.2, -0.15) is 0 Å². The molecule has 0 amide bonds. The van der Waals surface area contributed by atoms with Gasteiger partial charge in [0.25, 0.3) is 0 Å². The van der Waals surface area contributed by atoms with E-state index in [4.69, 9.17) is 0 Å². The van der Waals surface area contributed by atoms with Crippen LogP contribution in [0.15, 0.2) is 11.6 Å². The van der Waals surface area contributed by atoms with E-state index < -0.39 is 0 Å². The Morgan fingerprint density at radius 1 is 1.27 bits per heavy atom. The molecule has 2 bridgehead atoms. The number of hydrogen-bond acceptors (Lipinski definition) is 0. The maximum atomic E-state index is 2.57. The Hall–Kier alpha value is -0.260. The van der Waals surface area contributed by atoms with Crippen LogP contribution in [0, 0.1) is 35.0 Å². The molecule has 0 heteroatoms. The van der Waals surface area contributed by atoms with Gasteiger partial charge in [0.15, 0.2) is 0 Å². The summed E-state index contributed by atoms with van der Waals surface area (Å²) in [5.41, 5.74) is 2.15. The minimum atomic E-state index is 0.476. The van der Waals surface area contributed by atoms with Gasteiger partial charge in [-0.1, -0.05) is 46.3 Å². The third-order valence-corrected chi connectivity index (χ3v) is 4.70. The second kappa shape index (κ2) is 3.37. The van der Waals surface area contributed by atoms with Crippen molar-refractivity contribution in [2.24, 2.45) is 35.0 Å². The zero-order chi connectivity index (χ0) is 11.4. The van der Waals surface area contributed by atoms with Gasteiger partial charge in [-0.15, -0.1) is 0 Å². The van der Waals surface area contributed by atoms with Crippen LogP contribution in [-0.2, 0) is 0 Å². The van der Waals surface area contributed by atoms with Crippen molar-refractivity contribution >= 4 is 0 Å².